The summed E-state index contributed by atoms with van der Waals surface area (Å²) in [5.41, 5.74) is 0.452. The second-order valence-corrected chi connectivity index (χ2v) is 5.77. The molecule has 110 valence electrons. The third-order valence-corrected chi connectivity index (χ3v) is 4.19. The Balaban J connectivity index is 2.09. The average Bonchev–Trinajstić information content (AvgIpc) is 2.84. The molecule has 1 amide bonds. The van der Waals surface area contributed by atoms with Gasteiger partial charge in [0.1, 0.15) is 0 Å². The van der Waals surface area contributed by atoms with Crippen molar-refractivity contribution in [1.82, 2.24) is 5.32 Å². The standard InChI is InChI=1S/C13H15Cl3N2O2/c1-2-17-12-6-20-5-7(12)13(19)18-11-4-9(15)8(14)3-10(11)16/h3-4,7,12,17H,2,5-6H2,1H3,(H,18,19). The highest BCUT2D eigenvalue weighted by Gasteiger charge is 2.33. The Morgan fingerprint density at radius 1 is 1.25 bits per heavy atom. The number of carbonyl (C=O) groups excluding carboxylic acids is 1. The highest BCUT2D eigenvalue weighted by molar-refractivity contribution is 6.44. The lowest BCUT2D eigenvalue weighted by molar-refractivity contribution is -0.120. The van der Waals surface area contributed by atoms with Crippen LogP contribution in [-0.4, -0.2) is 31.7 Å². The number of likely N-dealkylation sites (N-methyl/N-ethyl adjacent to an activating group) is 1. The largest absolute Gasteiger partial charge is 0.379 e. The van der Waals surface area contributed by atoms with Crippen molar-refractivity contribution in [3.63, 3.8) is 0 Å². The molecule has 7 heteroatoms. The van der Waals surface area contributed by atoms with Crippen LogP contribution in [0.5, 0.6) is 0 Å². The van der Waals surface area contributed by atoms with Gasteiger partial charge in [-0.3, -0.25) is 4.79 Å². The van der Waals surface area contributed by atoms with Crippen LogP contribution in [0.25, 0.3) is 0 Å². The third kappa shape index (κ3) is 3.57. The van der Waals surface area contributed by atoms with Crippen molar-refractivity contribution in [3.05, 3.63) is 27.2 Å². The van der Waals surface area contributed by atoms with Crippen molar-refractivity contribution < 1.29 is 9.53 Å². The van der Waals surface area contributed by atoms with E-state index < -0.39 is 0 Å². The molecule has 0 aromatic heterocycles. The van der Waals surface area contributed by atoms with E-state index in [-0.39, 0.29) is 17.9 Å². The first-order valence-electron chi connectivity index (χ1n) is 6.29. The van der Waals surface area contributed by atoms with Gasteiger partial charge in [0.15, 0.2) is 0 Å². The summed E-state index contributed by atoms with van der Waals surface area (Å²) in [6.07, 6.45) is 0. The molecule has 1 heterocycles. The maximum atomic E-state index is 12.3. The molecular formula is C13H15Cl3N2O2. The third-order valence-electron chi connectivity index (χ3n) is 3.15. The Morgan fingerprint density at radius 3 is 2.65 bits per heavy atom. The van der Waals surface area contributed by atoms with Crippen LogP contribution in [0.3, 0.4) is 0 Å². The summed E-state index contributed by atoms with van der Waals surface area (Å²) in [5, 5.41) is 7.05. The number of hydrogen-bond donors (Lipinski definition) is 2. The number of anilines is 1. The van der Waals surface area contributed by atoms with Gasteiger partial charge in [0.2, 0.25) is 5.91 Å². The van der Waals surface area contributed by atoms with Gasteiger partial charge in [0.05, 0.1) is 39.9 Å². The molecule has 20 heavy (non-hydrogen) atoms. The molecule has 2 unspecified atom stereocenters. The minimum atomic E-state index is -0.250. The van der Waals surface area contributed by atoms with E-state index in [1.807, 2.05) is 6.92 Å². The minimum absolute atomic E-state index is 0.0153. The minimum Gasteiger partial charge on any atom is -0.379 e. The highest BCUT2D eigenvalue weighted by atomic mass is 35.5. The first-order chi connectivity index (χ1) is 9.52. The number of carbonyl (C=O) groups is 1. The first kappa shape index (κ1) is 15.9. The summed E-state index contributed by atoms with van der Waals surface area (Å²) in [5.74, 6) is -0.394. The quantitative estimate of drug-likeness (QED) is 0.830. The van der Waals surface area contributed by atoms with Crippen LogP contribution in [0.1, 0.15) is 6.92 Å². The molecule has 1 fully saturated rings. The van der Waals surface area contributed by atoms with Crippen molar-refractivity contribution >= 4 is 46.4 Å². The molecule has 1 saturated heterocycles. The Bertz CT molecular complexity index is 511. The maximum absolute atomic E-state index is 12.3. The molecule has 4 nitrogen and oxygen atoms in total. The van der Waals surface area contributed by atoms with Crippen LogP contribution in [0.15, 0.2) is 12.1 Å². The van der Waals surface area contributed by atoms with E-state index in [0.717, 1.165) is 6.54 Å². The second-order valence-electron chi connectivity index (χ2n) is 4.54. The fraction of sp³-hybridized carbons (Fsp3) is 0.462. The van der Waals surface area contributed by atoms with Crippen molar-refractivity contribution in [3.8, 4) is 0 Å². The van der Waals surface area contributed by atoms with Gasteiger partial charge in [-0.1, -0.05) is 41.7 Å². The van der Waals surface area contributed by atoms with Gasteiger partial charge in [0, 0.05) is 6.04 Å². The summed E-state index contributed by atoms with van der Waals surface area (Å²) in [4.78, 5) is 12.3. The Morgan fingerprint density at radius 2 is 1.95 bits per heavy atom. The van der Waals surface area contributed by atoms with Crippen LogP contribution in [0.2, 0.25) is 15.1 Å². The molecule has 1 aliphatic heterocycles. The van der Waals surface area contributed by atoms with E-state index in [1.165, 1.54) is 6.07 Å². The molecule has 0 bridgehead atoms. The number of rotatable bonds is 4. The molecular weight excluding hydrogens is 323 g/mol. The molecule has 0 saturated carbocycles. The highest BCUT2D eigenvalue weighted by Crippen LogP contribution is 2.32. The predicted molar refractivity (Wildman–Crippen MR) is 81.9 cm³/mol. The molecule has 1 aromatic carbocycles. The number of halogens is 3. The Hall–Kier alpha value is -0.520. The van der Waals surface area contributed by atoms with E-state index in [9.17, 15) is 4.79 Å². The van der Waals surface area contributed by atoms with Gasteiger partial charge < -0.3 is 15.4 Å². The van der Waals surface area contributed by atoms with Crippen LogP contribution >= 0.6 is 34.8 Å². The lowest BCUT2D eigenvalue weighted by atomic mass is 10.0. The van der Waals surface area contributed by atoms with Gasteiger partial charge in [-0.25, -0.2) is 0 Å². The van der Waals surface area contributed by atoms with Crippen molar-refractivity contribution in [2.24, 2.45) is 5.92 Å². The molecule has 2 rings (SSSR count). The van der Waals surface area contributed by atoms with E-state index in [0.29, 0.717) is 34.0 Å². The van der Waals surface area contributed by atoms with E-state index in [2.05, 4.69) is 10.6 Å². The van der Waals surface area contributed by atoms with Gasteiger partial charge in [-0.2, -0.15) is 0 Å². The van der Waals surface area contributed by atoms with Crippen LogP contribution in [-0.2, 0) is 9.53 Å². The number of benzene rings is 1. The average molecular weight is 338 g/mol. The lowest BCUT2D eigenvalue weighted by Gasteiger charge is -2.18. The summed E-state index contributed by atoms with van der Waals surface area (Å²) < 4.78 is 5.35. The van der Waals surface area contributed by atoms with E-state index >= 15 is 0 Å². The number of amides is 1. The van der Waals surface area contributed by atoms with E-state index in [1.54, 1.807) is 6.07 Å². The number of nitrogens with one attached hydrogen (secondary N) is 2. The van der Waals surface area contributed by atoms with Gasteiger partial charge in [-0.15, -0.1) is 0 Å². The second kappa shape index (κ2) is 6.96. The van der Waals surface area contributed by atoms with Gasteiger partial charge in [0.25, 0.3) is 0 Å². The van der Waals surface area contributed by atoms with Crippen molar-refractivity contribution in [1.29, 1.82) is 0 Å². The fourth-order valence-corrected chi connectivity index (χ4v) is 2.71. The zero-order chi connectivity index (χ0) is 14.7. The number of ether oxygens (including phenoxy) is 1. The summed E-state index contributed by atoms with van der Waals surface area (Å²) in [7, 11) is 0. The zero-order valence-electron chi connectivity index (χ0n) is 10.9. The van der Waals surface area contributed by atoms with Crippen LogP contribution in [0.4, 0.5) is 5.69 Å². The molecule has 2 atom stereocenters. The summed E-state index contributed by atoms with van der Waals surface area (Å²) >= 11 is 17.8. The SMILES string of the molecule is CCNC1COCC1C(=O)Nc1cc(Cl)c(Cl)cc1Cl. The monoisotopic (exact) mass is 336 g/mol. The predicted octanol–water partition coefficient (Wildman–Crippen LogP) is 3.21. The molecule has 0 aliphatic carbocycles. The van der Waals surface area contributed by atoms with Crippen molar-refractivity contribution in [2.45, 2.75) is 13.0 Å². The summed E-state index contributed by atoms with van der Waals surface area (Å²) in [6.45, 7) is 3.69. The molecule has 2 N–H and O–H groups in total. The Kier molecular flexibility index (Phi) is 5.52. The molecule has 1 aliphatic rings. The molecule has 0 radical (unpaired) electrons. The normalized spacial score (nSPS) is 22.0. The first-order valence-corrected chi connectivity index (χ1v) is 7.42. The molecule has 1 aromatic rings. The smallest absolute Gasteiger partial charge is 0.231 e. The van der Waals surface area contributed by atoms with Gasteiger partial charge >= 0.3 is 0 Å². The van der Waals surface area contributed by atoms with E-state index in [4.69, 9.17) is 39.5 Å². The summed E-state index contributed by atoms with van der Waals surface area (Å²) in [6, 6.07) is 3.07. The maximum Gasteiger partial charge on any atom is 0.231 e. The van der Waals surface area contributed by atoms with Crippen LogP contribution in [0, 0.1) is 5.92 Å². The molecule has 0 spiro atoms. The van der Waals surface area contributed by atoms with Gasteiger partial charge in [-0.05, 0) is 18.7 Å². The lowest BCUT2D eigenvalue weighted by Crippen LogP contribution is -2.41. The topological polar surface area (TPSA) is 50.4 Å². The van der Waals surface area contributed by atoms with Crippen molar-refractivity contribution in [2.75, 3.05) is 25.1 Å². The van der Waals surface area contributed by atoms with Crippen LogP contribution < -0.4 is 10.6 Å². The Labute approximate surface area is 132 Å². The zero-order valence-corrected chi connectivity index (χ0v) is 13.1. The fourth-order valence-electron chi connectivity index (χ4n) is 2.12. The number of hydrogen-bond acceptors (Lipinski definition) is 3.